The Morgan fingerprint density at radius 3 is 1.86 bits per heavy atom. The lowest BCUT2D eigenvalue weighted by molar-refractivity contribution is -0.156. The average Bonchev–Trinajstić information content (AvgIpc) is 2.12. The van der Waals surface area contributed by atoms with Crippen molar-refractivity contribution in [2.24, 2.45) is 5.41 Å². The molecule has 0 fully saturated rings. The molecule has 0 saturated carbocycles. The summed E-state index contributed by atoms with van der Waals surface area (Å²) in [5.74, 6) is -2.34. The molecule has 0 amide bonds. The summed E-state index contributed by atoms with van der Waals surface area (Å²) in [5, 5.41) is 34.7. The Bertz CT molecular complexity index is 208. The van der Waals surface area contributed by atoms with E-state index >= 15 is 0 Å². The Labute approximate surface area is 80.8 Å². The molecule has 0 saturated heterocycles. The van der Waals surface area contributed by atoms with Crippen molar-refractivity contribution in [3.8, 4) is 0 Å². The fraction of sp³-hybridized carbons (Fsp3) is 0.750. The van der Waals surface area contributed by atoms with Crippen LogP contribution in [-0.4, -0.2) is 45.6 Å². The summed E-state index contributed by atoms with van der Waals surface area (Å²) in [6.07, 6.45) is -0.112. The van der Waals surface area contributed by atoms with Crippen LogP contribution in [-0.2, 0) is 9.59 Å². The Balaban J connectivity index is 4.22. The number of carboxylic acids is 2. The highest BCUT2D eigenvalue weighted by atomic mass is 16.4. The molecule has 82 valence electrons. The molecule has 0 aliphatic heterocycles. The SMILES string of the molecule is O=C(O)CCCC(CO)(CO)C(=O)O. The van der Waals surface area contributed by atoms with E-state index in [9.17, 15) is 9.59 Å². The van der Waals surface area contributed by atoms with Crippen molar-refractivity contribution < 1.29 is 30.0 Å². The van der Waals surface area contributed by atoms with E-state index < -0.39 is 30.6 Å². The average molecular weight is 206 g/mol. The topological polar surface area (TPSA) is 115 Å². The Kier molecular flexibility index (Phi) is 5.11. The molecule has 0 aromatic heterocycles. The molecule has 0 heterocycles. The molecule has 0 aromatic rings. The van der Waals surface area contributed by atoms with Crippen LogP contribution < -0.4 is 0 Å². The molecular weight excluding hydrogens is 192 g/mol. The van der Waals surface area contributed by atoms with Crippen LogP contribution in [0, 0.1) is 5.41 Å². The van der Waals surface area contributed by atoms with Gasteiger partial charge in [0.1, 0.15) is 5.41 Å². The van der Waals surface area contributed by atoms with Crippen LogP contribution in [0.5, 0.6) is 0 Å². The highest BCUT2D eigenvalue weighted by Crippen LogP contribution is 2.23. The van der Waals surface area contributed by atoms with Crippen molar-refractivity contribution in [1.29, 1.82) is 0 Å². The number of hydrogen-bond acceptors (Lipinski definition) is 4. The third-order valence-corrected chi connectivity index (χ3v) is 2.10. The van der Waals surface area contributed by atoms with Crippen LogP contribution in [0.4, 0.5) is 0 Å². The van der Waals surface area contributed by atoms with Gasteiger partial charge in [0.15, 0.2) is 0 Å². The van der Waals surface area contributed by atoms with Crippen LogP contribution in [0.1, 0.15) is 19.3 Å². The van der Waals surface area contributed by atoms with E-state index in [4.69, 9.17) is 20.4 Å². The van der Waals surface area contributed by atoms with Crippen LogP contribution in [0.25, 0.3) is 0 Å². The molecule has 0 radical (unpaired) electrons. The summed E-state index contributed by atoms with van der Waals surface area (Å²) in [5.41, 5.74) is -1.62. The fourth-order valence-electron chi connectivity index (χ4n) is 1.03. The van der Waals surface area contributed by atoms with Gasteiger partial charge in [0, 0.05) is 6.42 Å². The number of rotatable bonds is 7. The maximum atomic E-state index is 10.7. The van der Waals surface area contributed by atoms with E-state index in [2.05, 4.69) is 0 Å². The molecule has 6 heteroatoms. The molecular formula is C8H14O6. The van der Waals surface area contributed by atoms with Crippen LogP contribution >= 0.6 is 0 Å². The second-order valence-corrected chi connectivity index (χ2v) is 3.15. The Morgan fingerprint density at radius 1 is 1.07 bits per heavy atom. The van der Waals surface area contributed by atoms with E-state index in [0.717, 1.165) is 0 Å². The predicted molar refractivity (Wildman–Crippen MR) is 45.7 cm³/mol. The van der Waals surface area contributed by atoms with Crippen molar-refractivity contribution in [3.63, 3.8) is 0 Å². The first kappa shape index (κ1) is 12.9. The maximum absolute atomic E-state index is 10.7. The fourth-order valence-corrected chi connectivity index (χ4v) is 1.03. The highest BCUT2D eigenvalue weighted by molar-refractivity contribution is 5.75. The summed E-state index contributed by atoms with van der Waals surface area (Å²) in [4.78, 5) is 20.9. The van der Waals surface area contributed by atoms with Gasteiger partial charge >= 0.3 is 11.9 Å². The molecule has 0 aromatic carbocycles. The number of aliphatic carboxylic acids is 2. The number of aliphatic hydroxyl groups is 2. The van der Waals surface area contributed by atoms with Crippen molar-refractivity contribution in [1.82, 2.24) is 0 Å². The van der Waals surface area contributed by atoms with Gasteiger partial charge in [0.05, 0.1) is 13.2 Å². The van der Waals surface area contributed by atoms with Crippen LogP contribution in [0.2, 0.25) is 0 Å². The maximum Gasteiger partial charge on any atom is 0.314 e. The Morgan fingerprint density at radius 2 is 1.57 bits per heavy atom. The quantitative estimate of drug-likeness (QED) is 0.437. The minimum absolute atomic E-state index is 0.0539. The van der Waals surface area contributed by atoms with Crippen molar-refractivity contribution in [3.05, 3.63) is 0 Å². The number of aliphatic hydroxyl groups excluding tert-OH is 2. The summed E-state index contributed by atoms with van der Waals surface area (Å²) in [7, 11) is 0. The molecule has 0 rings (SSSR count). The monoisotopic (exact) mass is 206 g/mol. The van der Waals surface area contributed by atoms with E-state index in [0.29, 0.717) is 0 Å². The normalized spacial score (nSPS) is 11.3. The Hall–Kier alpha value is -1.14. The first-order valence-electron chi connectivity index (χ1n) is 4.15. The molecule has 0 spiro atoms. The summed E-state index contributed by atoms with van der Waals surface area (Å²) in [6, 6.07) is 0. The van der Waals surface area contributed by atoms with E-state index in [1.165, 1.54) is 0 Å². The number of carbonyl (C=O) groups is 2. The molecule has 4 N–H and O–H groups in total. The molecule has 0 bridgehead atoms. The van der Waals surface area contributed by atoms with Crippen LogP contribution in [0.15, 0.2) is 0 Å². The zero-order valence-electron chi connectivity index (χ0n) is 7.64. The van der Waals surface area contributed by atoms with E-state index in [1.807, 2.05) is 0 Å². The standard InChI is InChI=1S/C8H14O6/c9-4-8(5-10,7(13)14)3-1-2-6(11)12/h9-10H,1-5H2,(H,11,12)(H,13,14). The van der Waals surface area contributed by atoms with Gasteiger partial charge in [0.25, 0.3) is 0 Å². The second-order valence-electron chi connectivity index (χ2n) is 3.15. The van der Waals surface area contributed by atoms with Gasteiger partial charge in [-0.2, -0.15) is 0 Å². The van der Waals surface area contributed by atoms with Gasteiger partial charge in [0.2, 0.25) is 0 Å². The smallest absolute Gasteiger partial charge is 0.314 e. The third kappa shape index (κ3) is 3.31. The van der Waals surface area contributed by atoms with Crippen molar-refractivity contribution in [2.75, 3.05) is 13.2 Å². The molecule has 0 atom stereocenters. The number of hydrogen-bond donors (Lipinski definition) is 4. The highest BCUT2D eigenvalue weighted by Gasteiger charge is 2.36. The summed E-state index contributed by atoms with van der Waals surface area (Å²) in [6.45, 7) is -1.39. The number of carboxylic acid groups (broad SMARTS) is 2. The lowest BCUT2D eigenvalue weighted by atomic mass is 9.84. The van der Waals surface area contributed by atoms with Gasteiger partial charge in [-0.1, -0.05) is 0 Å². The summed E-state index contributed by atoms with van der Waals surface area (Å²) >= 11 is 0. The lowest BCUT2D eigenvalue weighted by Crippen LogP contribution is -2.38. The molecule has 14 heavy (non-hydrogen) atoms. The zero-order chi connectivity index (χ0) is 11.2. The van der Waals surface area contributed by atoms with Gasteiger partial charge in [-0.15, -0.1) is 0 Å². The van der Waals surface area contributed by atoms with Gasteiger partial charge in [-0.25, -0.2) is 0 Å². The van der Waals surface area contributed by atoms with Gasteiger partial charge in [-0.3, -0.25) is 9.59 Å². The van der Waals surface area contributed by atoms with E-state index in [1.54, 1.807) is 0 Å². The first-order chi connectivity index (χ1) is 6.48. The summed E-state index contributed by atoms with van der Waals surface area (Å²) < 4.78 is 0. The van der Waals surface area contributed by atoms with Crippen molar-refractivity contribution in [2.45, 2.75) is 19.3 Å². The molecule has 0 aliphatic carbocycles. The lowest BCUT2D eigenvalue weighted by Gasteiger charge is -2.24. The first-order valence-corrected chi connectivity index (χ1v) is 4.15. The molecule has 0 aliphatic rings. The largest absolute Gasteiger partial charge is 0.481 e. The minimum atomic E-state index is -1.62. The van der Waals surface area contributed by atoms with Crippen molar-refractivity contribution >= 4 is 11.9 Å². The molecule has 6 nitrogen and oxygen atoms in total. The van der Waals surface area contributed by atoms with Crippen LogP contribution in [0.3, 0.4) is 0 Å². The van der Waals surface area contributed by atoms with Gasteiger partial charge in [-0.05, 0) is 12.8 Å². The third-order valence-electron chi connectivity index (χ3n) is 2.10. The van der Waals surface area contributed by atoms with Gasteiger partial charge < -0.3 is 20.4 Å². The minimum Gasteiger partial charge on any atom is -0.481 e. The molecule has 0 unspecified atom stereocenters. The predicted octanol–water partition coefficient (Wildman–Crippen LogP) is -0.703. The second kappa shape index (κ2) is 5.56. The zero-order valence-corrected chi connectivity index (χ0v) is 7.64. The van der Waals surface area contributed by atoms with E-state index in [-0.39, 0.29) is 19.3 Å².